The molecule has 0 atom stereocenters. The van der Waals surface area contributed by atoms with Crippen molar-refractivity contribution < 1.29 is 9.21 Å². The van der Waals surface area contributed by atoms with Crippen LogP contribution in [0.25, 0.3) is 0 Å². The van der Waals surface area contributed by atoms with Crippen LogP contribution in [-0.2, 0) is 6.42 Å². The molecule has 0 saturated carbocycles. The number of nitrogens with one attached hydrogen (secondary N) is 1. The SMILES string of the molecule is Cc1cccc(N)c1C(=O)NCCc1ccco1. The Kier molecular flexibility index (Phi) is 3.67. The van der Waals surface area contributed by atoms with E-state index in [4.69, 9.17) is 10.2 Å². The van der Waals surface area contributed by atoms with Crippen LogP contribution < -0.4 is 11.1 Å². The Hall–Kier alpha value is -2.23. The lowest BCUT2D eigenvalue weighted by molar-refractivity contribution is 0.0954. The van der Waals surface area contributed by atoms with Crippen molar-refractivity contribution in [3.63, 3.8) is 0 Å². The number of hydrogen-bond acceptors (Lipinski definition) is 3. The number of amides is 1. The molecule has 2 aromatic rings. The highest BCUT2D eigenvalue weighted by atomic mass is 16.3. The quantitative estimate of drug-likeness (QED) is 0.810. The molecule has 0 fully saturated rings. The Bertz CT molecular complexity index is 512. The molecule has 0 aliphatic rings. The molecule has 0 radical (unpaired) electrons. The van der Waals surface area contributed by atoms with Crippen molar-refractivity contribution in [1.82, 2.24) is 5.32 Å². The third kappa shape index (κ3) is 2.71. The molecule has 1 aromatic carbocycles. The van der Waals surface area contributed by atoms with Crippen molar-refractivity contribution in [3.8, 4) is 0 Å². The molecule has 0 aliphatic heterocycles. The predicted molar refractivity (Wildman–Crippen MR) is 70.3 cm³/mol. The lowest BCUT2D eigenvalue weighted by atomic mass is 10.1. The highest BCUT2D eigenvalue weighted by molar-refractivity contribution is 6.00. The zero-order valence-electron chi connectivity index (χ0n) is 10.3. The first-order chi connectivity index (χ1) is 8.68. The van der Waals surface area contributed by atoms with Crippen LogP contribution >= 0.6 is 0 Å². The van der Waals surface area contributed by atoms with Crippen LogP contribution in [0.15, 0.2) is 41.0 Å². The monoisotopic (exact) mass is 244 g/mol. The largest absolute Gasteiger partial charge is 0.469 e. The maximum absolute atomic E-state index is 12.0. The van der Waals surface area contributed by atoms with Crippen molar-refractivity contribution in [1.29, 1.82) is 0 Å². The normalized spacial score (nSPS) is 10.3. The van der Waals surface area contributed by atoms with E-state index in [0.717, 1.165) is 11.3 Å². The number of nitrogen functional groups attached to an aromatic ring is 1. The minimum atomic E-state index is -0.142. The summed E-state index contributed by atoms with van der Waals surface area (Å²) in [6.07, 6.45) is 2.29. The number of benzene rings is 1. The molecule has 0 spiro atoms. The topological polar surface area (TPSA) is 68.3 Å². The van der Waals surface area contributed by atoms with E-state index in [-0.39, 0.29) is 5.91 Å². The third-order valence-corrected chi connectivity index (χ3v) is 2.77. The molecular weight excluding hydrogens is 228 g/mol. The number of anilines is 1. The summed E-state index contributed by atoms with van der Waals surface area (Å²) in [5, 5.41) is 2.84. The van der Waals surface area contributed by atoms with Gasteiger partial charge in [-0.25, -0.2) is 0 Å². The molecule has 94 valence electrons. The molecule has 18 heavy (non-hydrogen) atoms. The maximum Gasteiger partial charge on any atom is 0.253 e. The van der Waals surface area contributed by atoms with Gasteiger partial charge in [0.15, 0.2) is 0 Å². The van der Waals surface area contributed by atoms with Gasteiger partial charge in [0.05, 0.1) is 11.8 Å². The third-order valence-electron chi connectivity index (χ3n) is 2.77. The second-order valence-corrected chi connectivity index (χ2v) is 4.12. The first-order valence-electron chi connectivity index (χ1n) is 5.84. The number of carbonyl (C=O) groups excluding carboxylic acids is 1. The van der Waals surface area contributed by atoms with Crippen LogP contribution in [0.4, 0.5) is 5.69 Å². The minimum Gasteiger partial charge on any atom is -0.469 e. The molecule has 4 nitrogen and oxygen atoms in total. The van der Waals surface area contributed by atoms with E-state index in [9.17, 15) is 4.79 Å². The van der Waals surface area contributed by atoms with Crippen molar-refractivity contribution >= 4 is 11.6 Å². The van der Waals surface area contributed by atoms with Crippen molar-refractivity contribution in [2.75, 3.05) is 12.3 Å². The number of furan rings is 1. The van der Waals surface area contributed by atoms with Gasteiger partial charge in [-0.3, -0.25) is 4.79 Å². The summed E-state index contributed by atoms with van der Waals surface area (Å²) in [6, 6.07) is 9.15. The smallest absolute Gasteiger partial charge is 0.253 e. The van der Waals surface area contributed by atoms with Gasteiger partial charge in [0, 0.05) is 18.7 Å². The van der Waals surface area contributed by atoms with Crippen molar-refractivity contribution in [2.24, 2.45) is 0 Å². The van der Waals surface area contributed by atoms with Gasteiger partial charge in [-0.1, -0.05) is 12.1 Å². The Morgan fingerprint density at radius 1 is 1.33 bits per heavy atom. The Morgan fingerprint density at radius 3 is 2.83 bits per heavy atom. The van der Waals surface area contributed by atoms with Crippen LogP contribution in [0.2, 0.25) is 0 Å². The van der Waals surface area contributed by atoms with Crippen LogP contribution in [0.1, 0.15) is 21.7 Å². The van der Waals surface area contributed by atoms with Crippen LogP contribution in [0.5, 0.6) is 0 Å². The fourth-order valence-corrected chi connectivity index (χ4v) is 1.84. The molecule has 1 amide bonds. The molecule has 0 saturated heterocycles. The highest BCUT2D eigenvalue weighted by Gasteiger charge is 2.11. The molecule has 3 N–H and O–H groups in total. The number of rotatable bonds is 4. The first-order valence-corrected chi connectivity index (χ1v) is 5.84. The minimum absolute atomic E-state index is 0.142. The first kappa shape index (κ1) is 12.2. The van der Waals surface area contributed by atoms with E-state index in [2.05, 4.69) is 5.32 Å². The van der Waals surface area contributed by atoms with Gasteiger partial charge in [-0.05, 0) is 30.7 Å². The Balaban J connectivity index is 1.96. The lowest BCUT2D eigenvalue weighted by Gasteiger charge is -2.09. The maximum atomic E-state index is 12.0. The van der Waals surface area contributed by atoms with Crippen LogP contribution in [0, 0.1) is 6.92 Å². The van der Waals surface area contributed by atoms with Crippen molar-refractivity contribution in [3.05, 3.63) is 53.5 Å². The molecular formula is C14H16N2O2. The number of carbonyl (C=O) groups is 1. The fourth-order valence-electron chi connectivity index (χ4n) is 1.84. The average Bonchev–Trinajstić information content (AvgIpc) is 2.82. The number of nitrogens with two attached hydrogens (primary N) is 1. The van der Waals surface area contributed by atoms with Gasteiger partial charge in [0.2, 0.25) is 0 Å². The Morgan fingerprint density at radius 2 is 2.17 bits per heavy atom. The molecule has 2 rings (SSSR count). The molecule has 0 unspecified atom stereocenters. The Labute approximate surface area is 106 Å². The summed E-state index contributed by atoms with van der Waals surface area (Å²) in [5.41, 5.74) is 7.75. The van der Waals surface area contributed by atoms with Crippen molar-refractivity contribution in [2.45, 2.75) is 13.3 Å². The molecule has 1 aromatic heterocycles. The number of hydrogen-bond donors (Lipinski definition) is 2. The summed E-state index contributed by atoms with van der Waals surface area (Å²) in [4.78, 5) is 12.0. The standard InChI is InChI=1S/C14H16N2O2/c1-10-4-2-6-12(15)13(10)14(17)16-8-7-11-5-3-9-18-11/h2-6,9H,7-8,15H2,1H3,(H,16,17). The van der Waals surface area contributed by atoms with E-state index in [1.807, 2.05) is 31.2 Å². The van der Waals surface area contributed by atoms with E-state index < -0.39 is 0 Å². The number of aryl methyl sites for hydroxylation is 1. The fraction of sp³-hybridized carbons (Fsp3) is 0.214. The molecule has 0 bridgehead atoms. The lowest BCUT2D eigenvalue weighted by Crippen LogP contribution is -2.27. The summed E-state index contributed by atoms with van der Waals surface area (Å²) >= 11 is 0. The average molecular weight is 244 g/mol. The highest BCUT2D eigenvalue weighted by Crippen LogP contribution is 2.15. The zero-order valence-corrected chi connectivity index (χ0v) is 10.3. The van der Waals surface area contributed by atoms with Gasteiger partial charge in [0.1, 0.15) is 5.76 Å². The zero-order chi connectivity index (χ0) is 13.0. The second-order valence-electron chi connectivity index (χ2n) is 4.12. The van der Waals surface area contributed by atoms with Gasteiger partial charge in [-0.2, -0.15) is 0 Å². The second kappa shape index (κ2) is 5.40. The van der Waals surface area contributed by atoms with Gasteiger partial charge in [-0.15, -0.1) is 0 Å². The molecule has 0 aliphatic carbocycles. The summed E-state index contributed by atoms with van der Waals surface area (Å²) in [6.45, 7) is 2.40. The van der Waals surface area contributed by atoms with E-state index in [1.54, 1.807) is 12.3 Å². The van der Waals surface area contributed by atoms with Gasteiger partial charge in [0.25, 0.3) is 5.91 Å². The van der Waals surface area contributed by atoms with E-state index in [1.165, 1.54) is 0 Å². The van der Waals surface area contributed by atoms with Crippen LogP contribution in [-0.4, -0.2) is 12.5 Å². The predicted octanol–water partition coefficient (Wildman–Crippen LogP) is 2.14. The molecule has 1 heterocycles. The molecule has 4 heteroatoms. The summed E-state index contributed by atoms with van der Waals surface area (Å²) in [7, 11) is 0. The van der Waals surface area contributed by atoms with Gasteiger partial charge >= 0.3 is 0 Å². The van der Waals surface area contributed by atoms with E-state index >= 15 is 0 Å². The summed E-state index contributed by atoms with van der Waals surface area (Å²) < 4.78 is 5.19. The van der Waals surface area contributed by atoms with Gasteiger partial charge < -0.3 is 15.5 Å². The van der Waals surface area contributed by atoms with E-state index in [0.29, 0.717) is 24.2 Å². The van der Waals surface area contributed by atoms with Crippen LogP contribution in [0.3, 0.4) is 0 Å². The summed E-state index contributed by atoms with van der Waals surface area (Å²) in [5.74, 6) is 0.713.